The topological polar surface area (TPSA) is 184 Å². The summed E-state index contributed by atoms with van der Waals surface area (Å²) >= 11 is 6.11. The maximum absolute atomic E-state index is 13.3. The Hall–Kier alpha value is -2.19. The summed E-state index contributed by atoms with van der Waals surface area (Å²) in [7, 11) is -4.68. The number of unbranched alkanes of at least 4 members (excludes halogenated alkanes) is 16. The third kappa shape index (κ3) is 14.3. The van der Waals surface area contributed by atoms with Crippen LogP contribution in [0.4, 0.5) is 5.82 Å². The zero-order chi connectivity index (χ0) is 39.7. The summed E-state index contributed by atoms with van der Waals surface area (Å²) in [6.07, 6.45) is 21.3. The van der Waals surface area contributed by atoms with Crippen LogP contribution in [0, 0.1) is 0 Å². The van der Waals surface area contributed by atoms with Gasteiger partial charge in [-0.1, -0.05) is 128 Å². The molecule has 0 amide bonds. The number of phosphoric ester groups is 1. The number of nitrogens with zero attached hydrogens (tertiary/aromatic N) is 4. The van der Waals surface area contributed by atoms with E-state index >= 15 is 0 Å². The van der Waals surface area contributed by atoms with Gasteiger partial charge in [0.1, 0.15) is 35.8 Å². The lowest BCUT2D eigenvalue weighted by Gasteiger charge is -2.34. The molecule has 13 nitrogen and oxygen atoms in total. The van der Waals surface area contributed by atoms with E-state index in [1.165, 1.54) is 115 Å². The van der Waals surface area contributed by atoms with Crippen molar-refractivity contribution < 1.29 is 38.2 Å². The number of pyridine rings is 1. The fraction of sp³-hybridized carbons (Fsp3) is 0.725. The fourth-order valence-corrected chi connectivity index (χ4v) is 8.47. The lowest BCUT2D eigenvalue weighted by molar-refractivity contribution is -0.133. The Labute approximate surface area is 332 Å². The number of halogens is 1. The zero-order valence-electron chi connectivity index (χ0n) is 33.1. The van der Waals surface area contributed by atoms with Crippen LogP contribution in [-0.4, -0.2) is 71.3 Å². The molecule has 0 radical (unpaired) electrons. The van der Waals surface area contributed by atoms with Crippen LogP contribution in [0.2, 0.25) is 5.02 Å². The van der Waals surface area contributed by atoms with E-state index < -0.39 is 43.9 Å². The third-order valence-electron chi connectivity index (χ3n) is 10.8. The Bertz CT molecular complexity index is 1600. The number of rotatable bonds is 28. The molecule has 4 rings (SSSR count). The Morgan fingerprint density at radius 3 is 2.16 bits per heavy atom. The molecule has 310 valence electrons. The number of aliphatic hydroxyl groups is 2. The predicted octanol–water partition coefficient (Wildman–Crippen LogP) is 9.06. The Morgan fingerprint density at radius 2 is 1.56 bits per heavy atom. The molecule has 1 fully saturated rings. The first-order chi connectivity index (χ1) is 26.4. The molecule has 0 aliphatic carbocycles. The Balaban J connectivity index is 1.20. The van der Waals surface area contributed by atoms with Crippen LogP contribution in [0.3, 0.4) is 0 Å². The average molecular weight is 810 g/mol. The molecule has 1 aliphatic rings. The van der Waals surface area contributed by atoms with Crippen LogP contribution in [0.1, 0.15) is 154 Å². The second-order valence-corrected chi connectivity index (χ2v) is 17.1. The lowest BCUT2D eigenvalue weighted by atomic mass is 9.91. The minimum atomic E-state index is -4.68. The van der Waals surface area contributed by atoms with Gasteiger partial charge < -0.3 is 30.3 Å². The van der Waals surface area contributed by atoms with Gasteiger partial charge in [-0.25, -0.2) is 14.1 Å². The van der Waals surface area contributed by atoms with Gasteiger partial charge in [0, 0.05) is 12.4 Å². The highest BCUT2D eigenvalue weighted by molar-refractivity contribution is 7.47. The van der Waals surface area contributed by atoms with Crippen molar-refractivity contribution in [2.45, 2.75) is 179 Å². The highest BCUT2D eigenvalue weighted by Gasteiger charge is 2.56. The fourth-order valence-electron chi connectivity index (χ4n) is 7.25. The Morgan fingerprint density at radius 1 is 0.964 bits per heavy atom. The number of phosphoric acid groups is 1. The van der Waals surface area contributed by atoms with Crippen molar-refractivity contribution in [2.75, 3.05) is 12.3 Å². The molecule has 0 aromatic carbocycles. The van der Waals surface area contributed by atoms with Gasteiger partial charge in [-0.15, -0.1) is 0 Å². The number of hydrogen-bond donors (Lipinski definition) is 4. The molecule has 7 atom stereocenters. The van der Waals surface area contributed by atoms with Crippen LogP contribution in [0.15, 0.2) is 36.9 Å². The van der Waals surface area contributed by atoms with Crippen molar-refractivity contribution in [3.05, 3.63) is 53.2 Å². The first-order valence-corrected chi connectivity index (χ1v) is 22.3. The van der Waals surface area contributed by atoms with Crippen molar-refractivity contribution in [3.8, 4) is 0 Å². The molecule has 1 unspecified atom stereocenters. The van der Waals surface area contributed by atoms with Gasteiger partial charge in [0.2, 0.25) is 0 Å². The van der Waals surface area contributed by atoms with Gasteiger partial charge in [0.25, 0.3) is 0 Å². The number of nitrogens with two attached hydrogens (primary N) is 1. The highest BCUT2D eigenvalue weighted by atomic mass is 35.5. The molecule has 0 spiro atoms. The Kier molecular flexibility index (Phi) is 19.3. The van der Waals surface area contributed by atoms with E-state index in [4.69, 9.17) is 35.9 Å². The van der Waals surface area contributed by atoms with Gasteiger partial charge in [0.15, 0.2) is 5.82 Å². The van der Waals surface area contributed by atoms with Gasteiger partial charge in [-0.05, 0) is 44.0 Å². The summed E-state index contributed by atoms with van der Waals surface area (Å²) in [5.74, 6) is 0.239. The van der Waals surface area contributed by atoms with E-state index in [1.807, 2.05) is 0 Å². The largest absolute Gasteiger partial charge is 0.472 e. The molecular formula is C40H65ClN5O8P. The predicted molar refractivity (Wildman–Crippen MR) is 215 cm³/mol. The zero-order valence-corrected chi connectivity index (χ0v) is 34.7. The van der Waals surface area contributed by atoms with E-state index in [2.05, 4.69) is 22.0 Å². The molecule has 0 bridgehead atoms. The van der Waals surface area contributed by atoms with Crippen LogP contribution < -0.4 is 5.73 Å². The number of aliphatic hydroxyl groups excluding tert-OH is 2. The van der Waals surface area contributed by atoms with Crippen molar-refractivity contribution in [1.82, 2.24) is 19.6 Å². The van der Waals surface area contributed by atoms with Gasteiger partial charge in [-0.2, -0.15) is 5.10 Å². The van der Waals surface area contributed by atoms with E-state index in [9.17, 15) is 19.7 Å². The van der Waals surface area contributed by atoms with Crippen molar-refractivity contribution in [2.24, 2.45) is 0 Å². The normalized spacial score (nSPS) is 22.3. The maximum atomic E-state index is 13.3. The van der Waals surface area contributed by atoms with Gasteiger partial charge in [-0.3, -0.25) is 14.0 Å². The van der Waals surface area contributed by atoms with Gasteiger partial charge in [0.05, 0.1) is 36.1 Å². The summed E-state index contributed by atoms with van der Waals surface area (Å²) in [6, 6.07) is 5.11. The number of nitrogen functional groups attached to an aromatic ring is 1. The van der Waals surface area contributed by atoms with E-state index in [1.54, 1.807) is 30.6 Å². The molecule has 5 N–H and O–H groups in total. The smallest absolute Gasteiger partial charge is 0.387 e. The van der Waals surface area contributed by atoms with Gasteiger partial charge >= 0.3 is 7.82 Å². The van der Waals surface area contributed by atoms with E-state index in [0.717, 1.165) is 24.8 Å². The molecule has 3 aromatic rings. The van der Waals surface area contributed by atoms with Crippen molar-refractivity contribution in [3.63, 3.8) is 0 Å². The summed E-state index contributed by atoms with van der Waals surface area (Å²) in [5.41, 5.74) is 6.08. The molecule has 0 saturated carbocycles. The minimum Gasteiger partial charge on any atom is -0.387 e. The van der Waals surface area contributed by atoms with Crippen molar-refractivity contribution >= 4 is 30.8 Å². The number of ether oxygens (including phenoxy) is 2. The quantitative estimate of drug-likeness (QED) is 0.0404. The van der Waals surface area contributed by atoms with Crippen molar-refractivity contribution in [1.29, 1.82) is 0 Å². The molecule has 55 heavy (non-hydrogen) atoms. The summed E-state index contributed by atoms with van der Waals surface area (Å²) in [4.78, 5) is 18.9. The van der Waals surface area contributed by atoms with Crippen LogP contribution in [0.25, 0.3) is 5.52 Å². The standard InChI is InChI=1S/C40H65ClN5O8P/c1-4-5-6-7-8-9-10-11-12-13-14-15-16-17-18-19-20-21-33(51-27-31-24-32(41)26-43-25-31)28-52-55(49,50)54-30(2)40(3)38(48)36(47)37(53-40)34-22-23-35-39(42)44-29-45-46(34)35/h22-26,29-30,33,36-38,47-48H,4-21,27-28H2,1-3H3,(H,49,50)(H2,42,44,45)/t30-,33+,36-,37-,38-,40+/m0/s1. The number of hydrogen-bond acceptors (Lipinski definition) is 11. The second kappa shape index (κ2) is 23.3. The molecule has 1 saturated heterocycles. The first kappa shape index (κ1) is 45.5. The van der Waals surface area contributed by atoms with Crippen LogP contribution in [0.5, 0.6) is 0 Å². The van der Waals surface area contributed by atoms with E-state index in [-0.39, 0.29) is 19.0 Å². The second-order valence-electron chi connectivity index (χ2n) is 15.3. The summed E-state index contributed by atoms with van der Waals surface area (Å²) < 4.78 is 38.1. The molecule has 3 aromatic heterocycles. The average Bonchev–Trinajstić information content (AvgIpc) is 3.69. The minimum absolute atomic E-state index is 0.198. The highest BCUT2D eigenvalue weighted by Crippen LogP contribution is 2.50. The summed E-state index contributed by atoms with van der Waals surface area (Å²) in [5, 5.41) is 26.8. The first-order valence-electron chi connectivity index (χ1n) is 20.4. The number of fused-ring (bicyclic) bond motifs is 1. The lowest BCUT2D eigenvalue weighted by Crippen LogP contribution is -2.49. The maximum Gasteiger partial charge on any atom is 0.472 e. The number of anilines is 1. The van der Waals surface area contributed by atoms with Crippen LogP contribution in [-0.2, 0) is 29.7 Å². The van der Waals surface area contributed by atoms with E-state index in [0.29, 0.717) is 22.7 Å². The molecule has 4 heterocycles. The SMILES string of the molecule is CCCCCCCCCCCCCCCCCCC[C@H](COP(=O)(O)O[C@@H](C)[C@@]1(C)O[C@@H](c2ccc3c(N)ncnn23)[C@H](O)[C@@H]1O)OCc1cncc(Cl)c1. The molecular weight excluding hydrogens is 745 g/mol. The summed E-state index contributed by atoms with van der Waals surface area (Å²) in [6.45, 7) is 5.26. The molecule has 1 aliphatic heterocycles. The number of aromatic nitrogens is 4. The molecule has 15 heteroatoms. The van der Waals surface area contributed by atoms with Crippen LogP contribution >= 0.6 is 19.4 Å². The third-order valence-corrected chi connectivity index (χ3v) is 12.1. The monoisotopic (exact) mass is 809 g/mol.